The number of hydrogen-bond donors (Lipinski definition) is 0. The molecule has 0 spiro atoms. The molecule has 0 aromatic heterocycles. The fourth-order valence-corrected chi connectivity index (χ4v) is 1.54. The minimum absolute atomic E-state index is 0.687. The maximum Gasteiger partial charge on any atom is 0.102 e. The van der Waals surface area contributed by atoms with E-state index >= 15 is 0 Å². The minimum atomic E-state index is 0.687. The third-order valence-corrected chi connectivity index (χ3v) is 2.76. The second-order valence-electron chi connectivity index (χ2n) is 4.01. The third kappa shape index (κ3) is 4.37. The Labute approximate surface area is 86.3 Å². The lowest BCUT2D eigenvalue weighted by Gasteiger charge is -2.37. The summed E-state index contributed by atoms with van der Waals surface area (Å²) >= 11 is 0. The minimum Gasteiger partial charge on any atom is -0.382 e. The molecular formula is C10H22NO3+. The van der Waals surface area contributed by atoms with Gasteiger partial charge in [-0.2, -0.15) is 0 Å². The molecule has 0 N–H and O–H groups in total. The zero-order chi connectivity index (χ0) is 10.3. The van der Waals surface area contributed by atoms with Gasteiger partial charge in [-0.25, -0.2) is 0 Å². The van der Waals surface area contributed by atoms with E-state index < -0.39 is 0 Å². The first kappa shape index (κ1) is 11.9. The zero-order valence-electron chi connectivity index (χ0n) is 9.33. The number of nitrogens with zero attached hydrogens (tertiary/aromatic N) is 1. The predicted octanol–water partition coefficient (Wildman–Crippen LogP) is 0.126. The highest BCUT2D eigenvalue weighted by molar-refractivity contribution is 4.46. The van der Waals surface area contributed by atoms with Gasteiger partial charge in [0, 0.05) is 7.11 Å². The van der Waals surface area contributed by atoms with Crippen molar-refractivity contribution in [3.05, 3.63) is 0 Å². The molecule has 0 radical (unpaired) electrons. The molecule has 1 saturated heterocycles. The maximum absolute atomic E-state index is 5.46. The summed E-state index contributed by atoms with van der Waals surface area (Å²) in [6.07, 6.45) is 0. The molecular weight excluding hydrogens is 182 g/mol. The van der Waals surface area contributed by atoms with E-state index in [1.807, 2.05) is 0 Å². The Morgan fingerprint density at radius 2 is 1.86 bits per heavy atom. The quantitative estimate of drug-likeness (QED) is 0.454. The smallest absolute Gasteiger partial charge is 0.102 e. The number of likely N-dealkylation sites (N-methyl/N-ethyl adjacent to an activating group) is 1. The zero-order valence-corrected chi connectivity index (χ0v) is 9.33. The van der Waals surface area contributed by atoms with Gasteiger partial charge in [-0.1, -0.05) is 0 Å². The van der Waals surface area contributed by atoms with Crippen LogP contribution < -0.4 is 0 Å². The van der Waals surface area contributed by atoms with E-state index in [1.54, 1.807) is 7.11 Å². The third-order valence-electron chi connectivity index (χ3n) is 2.76. The Balaban J connectivity index is 2.03. The fourth-order valence-electron chi connectivity index (χ4n) is 1.54. The summed E-state index contributed by atoms with van der Waals surface area (Å²) in [5.41, 5.74) is 0. The van der Waals surface area contributed by atoms with Crippen LogP contribution >= 0.6 is 0 Å². The Morgan fingerprint density at radius 3 is 2.50 bits per heavy atom. The van der Waals surface area contributed by atoms with E-state index in [9.17, 15) is 0 Å². The van der Waals surface area contributed by atoms with E-state index in [4.69, 9.17) is 14.2 Å². The molecule has 0 unspecified atom stereocenters. The number of hydrogen-bond acceptors (Lipinski definition) is 3. The van der Waals surface area contributed by atoms with Crippen LogP contribution in [0, 0.1) is 0 Å². The normalized spacial score (nSPS) is 21.0. The lowest BCUT2D eigenvalue weighted by molar-refractivity contribution is -0.917. The predicted molar refractivity (Wildman–Crippen MR) is 54.3 cm³/mol. The van der Waals surface area contributed by atoms with E-state index in [2.05, 4.69) is 7.05 Å². The van der Waals surface area contributed by atoms with Crippen LogP contribution in [0.2, 0.25) is 0 Å². The van der Waals surface area contributed by atoms with Crippen molar-refractivity contribution in [1.82, 2.24) is 0 Å². The monoisotopic (exact) mass is 204 g/mol. The SMILES string of the molecule is COCCOCC[N+]1(C)CCOCC1. The molecule has 1 fully saturated rings. The first-order chi connectivity index (χ1) is 6.77. The molecule has 0 aromatic rings. The van der Waals surface area contributed by atoms with Gasteiger partial charge >= 0.3 is 0 Å². The number of quaternary nitrogens is 1. The highest BCUT2D eigenvalue weighted by atomic mass is 16.5. The van der Waals surface area contributed by atoms with Crippen LogP contribution in [-0.2, 0) is 14.2 Å². The van der Waals surface area contributed by atoms with Crippen LogP contribution in [0.4, 0.5) is 0 Å². The molecule has 0 aromatic carbocycles. The molecule has 4 heteroatoms. The highest BCUT2D eigenvalue weighted by Crippen LogP contribution is 2.06. The van der Waals surface area contributed by atoms with Crippen molar-refractivity contribution >= 4 is 0 Å². The van der Waals surface area contributed by atoms with Gasteiger partial charge in [0.1, 0.15) is 19.6 Å². The summed E-state index contributed by atoms with van der Waals surface area (Å²) in [5.74, 6) is 0. The standard InChI is InChI=1S/C10H22NO3/c1-11(3-6-13-7-4-11)5-8-14-10-9-12-2/h3-10H2,1-2H3/q+1. The fraction of sp³-hybridized carbons (Fsp3) is 1.00. The van der Waals surface area contributed by atoms with E-state index in [1.165, 1.54) is 0 Å². The summed E-state index contributed by atoms with van der Waals surface area (Å²) in [6.45, 7) is 7.26. The number of methoxy groups -OCH3 is 1. The molecule has 0 atom stereocenters. The summed E-state index contributed by atoms with van der Waals surface area (Å²) in [6, 6.07) is 0. The molecule has 14 heavy (non-hydrogen) atoms. The topological polar surface area (TPSA) is 27.7 Å². The van der Waals surface area contributed by atoms with Gasteiger partial charge in [-0.3, -0.25) is 0 Å². The first-order valence-corrected chi connectivity index (χ1v) is 5.25. The number of rotatable bonds is 6. The van der Waals surface area contributed by atoms with Crippen molar-refractivity contribution in [2.45, 2.75) is 0 Å². The van der Waals surface area contributed by atoms with Gasteiger partial charge in [0.2, 0.25) is 0 Å². The summed E-state index contributed by atoms with van der Waals surface area (Å²) < 4.78 is 16.8. The highest BCUT2D eigenvalue weighted by Gasteiger charge is 2.24. The van der Waals surface area contributed by atoms with Crippen molar-refractivity contribution in [3.8, 4) is 0 Å². The lowest BCUT2D eigenvalue weighted by atomic mass is 10.3. The van der Waals surface area contributed by atoms with Gasteiger partial charge in [0.15, 0.2) is 0 Å². The van der Waals surface area contributed by atoms with Crippen molar-refractivity contribution in [2.24, 2.45) is 0 Å². The average Bonchev–Trinajstić information content (AvgIpc) is 2.18. The largest absolute Gasteiger partial charge is 0.382 e. The molecule has 0 amide bonds. The van der Waals surface area contributed by atoms with Crippen LogP contribution in [0.15, 0.2) is 0 Å². The van der Waals surface area contributed by atoms with Gasteiger partial charge in [0.05, 0.1) is 40.1 Å². The molecule has 4 nitrogen and oxygen atoms in total. The Morgan fingerprint density at radius 1 is 1.14 bits per heavy atom. The molecule has 0 aliphatic carbocycles. The maximum atomic E-state index is 5.46. The molecule has 0 bridgehead atoms. The van der Waals surface area contributed by atoms with Crippen molar-refractivity contribution < 1.29 is 18.7 Å². The van der Waals surface area contributed by atoms with Gasteiger partial charge in [-0.05, 0) is 0 Å². The second-order valence-corrected chi connectivity index (χ2v) is 4.01. The van der Waals surface area contributed by atoms with Crippen LogP contribution in [-0.4, -0.2) is 71.3 Å². The Kier molecular flexibility index (Phi) is 5.40. The van der Waals surface area contributed by atoms with Crippen molar-refractivity contribution in [3.63, 3.8) is 0 Å². The Bertz CT molecular complexity index is 146. The number of morpholine rings is 1. The molecule has 0 saturated carbocycles. The number of ether oxygens (including phenoxy) is 3. The van der Waals surface area contributed by atoms with Crippen molar-refractivity contribution in [1.29, 1.82) is 0 Å². The molecule has 1 aliphatic rings. The van der Waals surface area contributed by atoms with Crippen LogP contribution in [0.3, 0.4) is 0 Å². The molecule has 1 rings (SSSR count). The van der Waals surface area contributed by atoms with Crippen LogP contribution in [0.1, 0.15) is 0 Å². The van der Waals surface area contributed by atoms with Gasteiger partial charge < -0.3 is 18.7 Å². The van der Waals surface area contributed by atoms with Crippen LogP contribution in [0.25, 0.3) is 0 Å². The first-order valence-electron chi connectivity index (χ1n) is 5.25. The van der Waals surface area contributed by atoms with Gasteiger partial charge in [0.25, 0.3) is 0 Å². The second kappa shape index (κ2) is 6.35. The summed E-state index contributed by atoms with van der Waals surface area (Å²) in [4.78, 5) is 0. The molecule has 1 aliphatic heterocycles. The van der Waals surface area contributed by atoms with E-state index in [0.29, 0.717) is 13.2 Å². The average molecular weight is 204 g/mol. The molecule has 84 valence electrons. The lowest BCUT2D eigenvalue weighted by Crippen LogP contribution is -2.53. The van der Waals surface area contributed by atoms with E-state index in [0.717, 1.165) is 43.9 Å². The van der Waals surface area contributed by atoms with E-state index in [-0.39, 0.29) is 0 Å². The summed E-state index contributed by atoms with van der Waals surface area (Å²) in [7, 11) is 3.96. The molecule has 1 heterocycles. The van der Waals surface area contributed by atoms with Crippen LogP contribution in [0.5, 0.6) is 0 Å². The summed E-state index contributed by atoms with van der Waals surface area (Å²) in [5, 5.41) is 0. The van der Waals surface area contributed by atoms with Gasteiger partial charge in [-0.15, -0.1) is 0 Å². The Hall–Kier alpha value is -0.160. The van der Waals surface area contributed by atoms with Crippen molar-refractivity contribution in [2.75, 3.05) is 66.8 Å².